The number of piperidine rings is 2. The average molecular weight is 295 g/mol. The third-order valence-electron chi connectivity index (χ3n) is 4.73. The molecular weight excluding hydrogens is 270 g/mol. The molecule has 2 bridgehead atoms. The number of nitrogens with zero attached hydrogens (tertiary/aromatic N) is 1. The SMILES string of the molecule is CCCNC1CC2CCCC(C1)N2Cc1csc(=O)[nH]1. The van der Waals surface area contributed by atoms with Crippen LogP contribution in [0.3, 0.4) is 0 Å². The first kappa shape index (κ1) is 14.3. The molecule has 3 rings (SSSR count). The van der Waals surface area contributed by atoms with Gasteiger partial charge in [0.05, 0.1) is 0 Å². The molecule has 112 valence electrons. The molecule has 0 aromatic carbocycles. The lowest BCUT2D eigenvalue weighted by atomic mass is 9.81. The maximum Gasteiger partial charge on any atom is 0.304 e. The number of hydrogen-bond donors (Lipinski definition) is 2. The van der Waals surface area contributed by atoms with E-state index in [4.69, 9.17) is 0 Å². The molecule has 3 heterocycles. The monoisotopic (exact) mass is 295 g/mol. The second-order valence-electron chi connectivity index (χ2n) is 6.21. The molecule has 1 aromatic rings. The predicted octanol–water partition coefficient (Wildman–Crippen LogP) is 2.32. The lowest BCUT2D eigenvalue weighted by Gasteiger charge is -2.49. The summed E-state index contributed by atoms with van der Waals surface area (Å²) < 4.78 is 0. The first-order chi connectivity index (χ1) is 9.76. The largest absolute Gasteiger partial charge is 0.315 e. The lowest BCUT2D eigenvalue weighted by molar-refractivity contribution is 0.0169. The summed E-state index contributed by atoms with van der Waals surface area (Å²) in [6.45, 7) is 4.30. The van der Waals surface area contributed by atoms with Crippen molar-refractivity contribution in [1.82, 2.24) is 15.2 Å². The molecule has 2 aliphatic rings. The summed E-state index contributed by atoms with van der Waals surface area (Å²) in [7, 11) is 0. The molecule has 2 N–H and O–H groups in total. The van der Waals surface area contributed by atoms with Crippen LogP contribution in [0.5, 0.6) is 0 Å². The van der Waals surface area contributed by atoms with Gasteiger partial charge in [-0.1, -0.05) is 24.7 Å². The van der Waals surface area contributed by atoms with Gasteiger partial charge in [0.15, 0.2) is 0 Å². The smallest absolute Gasteiger partial charge is 0.304 e. The fourth-order valence-corrected chi connectivity index (χ4v) is 4.41. The fourth-order valence-electron chi connectivity index (χ4n) is 3.84. The van der Waals surface area contributed by atoms with E-state index < -0.39 is 0 Å². The number of thiazole rings is 1. The summed E-state index contributed by atoms with van der Waals surface area (Å²) in [5.74, 6) is 0. The molecule has 2 saturated heterocycles. The van der Waals surface area contributed by atoms with Crippen LogP contribution in [0.15, 0.2) is 10.2 Å². The van der Waals surface area contributed by atoms with Crippen molar-refractivity contribution in [3.05, 3.63) is 20.7 Å². The molecule has 0 spiro atoms. The molecule has 2 unspecified atom stereocenters. The predicted molar refractivity (Wildman–Crippen MR) is 83.2 cm³/mol. The highest BCUT2D eigenvalue weighted by atomic mass is 32.1. The molecule has 1 aromatic heterocycles. The zero-order chi connectivity index (χ0) is 13.9. The van der Waals surface area contributed by atoms with Crippen molar-refractivity contribution >= 4 is 11.3 Å². The van der Waals surface area contributed by atoms with Crippen molar-refractivity contribution in [2.75, 3.05) is 6.54 Å². The summed E-state index contributed by atoms with van der Waals surface area (Å²) in [6, 6.07) is 2.09. The van der Waals surface area contributed by atoms with Crippen molar-refractivity contribution in [3.8, 4) is 0 Å². The van der Waals surface area contributed by atoms with Crippen LogP contribution in [-0.4, -0.2) is 34.6 Å². The van der Waals surface area contributed by atoms with Gasteiger partial charge in [0.25, 0.3) is 0 Å². The van der Waals surface area contributed by atoms with E-state index in [-0.39, 0.29) is 4.87 Å². The zero-order valence-corrected chi connectivity index (χ0v) is 13.0. The van der Waals surface area contributed by atoms with Gasteiger partial charge in [-0.3, -0.25) is 9.69 Å². The normalized spacial score (nSPS) is 30.6. The fraction of sp³-hybridized carbons (Fsp3) is 0.800. The molecule has 2 aliphatic heterocycles. The summed E-state index contributed by atoms with van der Waals surface area (Å²) in [6.07, 6.45) is 7.75. The van der Waals surface area contributed by atoms with Gasteiger partial charge in [-0.2, -0.15) is 0 Å². The van der Waals surface area contributed by atoms with Crippen molar-refractivity contribution in [2.24, 2.45) is 0 Å². The minimum Gasteiger partial charge on any atom is -0.315 e. The Balaban J connectivity index is 1.65. The van der Waals surface area contributed by atoms with E-state index in [1.807, 2.05) is 5.38 Å². The molecule has 0 aliphatic carbocycles. The van der Waals surface area contributed by atoms with E-state index in [2.05, 4.69) is 22.1 Å². The number of fused-ring (bicyclic) bond motifs is 2. The molecular formula is C15H25N3OS. The van der Waals surface area contributed by atoms with Crippen LogP contribution in [0.4, 0.5) is 0 Å². The summed E-state index contributed by atoms with van der Waals surface area (Å²) >= 11 is 1.28. The number of hydrogen-bond acceptors (Lipinski definition) is 4. The van der Waals surface area contributed by atoms with E-state index in [9.17, 15) is 4.79 Å². The second-order valence-corrected chi connectivity index (χ2v) is 7.05. The van der Waals surface area contributed by atoms with Crippen LogP contribution in [0.25, 0.3) is 0 Å². The molecule has 0 radical (unpaired) electrons. The molecule has 20 heavy (non-hydrogen) atoms. The van der Waals surface area contributed by atoms with Crippen LogP contribution in [-0.2, 0) is 6.54 Å². The Labute approximate surface area is 124 Å². The number of rotatable bonds is 5. The average Bonchev–Trinajstić information content (AvgIpc) is 2.82. The lowest BCUT2D eigenvalue weighted by Crippen LogP contribution is -2.55. The molecule has 0 amide bonds. The highest BCUT2D eigenvalue weighted by molar-refractivity contribution is 7.07. The topological polar surface area (TPSA) is 48.1 Å². The number of nitrogens with one attached hydrogen (secondary N) is 2. The highest BCUT2D eigenvalue weighted by Crippen LogP contribution is 2.35. The minimum atomic E-state index is 0.0738. The number of aromatic amines is 1. The maximum atomic E-state index is 11.3. The summed E-state index contributed by atoms with van der Waals surface area (Å²) in [5, 5.41) is 5.69. The van der Waals surface area contributed by atoms with Gasteiger partial charge < -0.3 is 10.3 Å². The van der Waals surface area contributed by atoms with Crippen LogP contribution < -0.4 is 10.2 Å². The van der Waals surface area contributed by atoms with E-state index in [1.54, 1.807) is 0 Å². The second kappa shape index (κ2) is 6.41. The molecule has 5 heteroatoms. The van der Waals surface area contributed by atoms with Gasteiger partial charge in [-0.15, -0.1) is 0 Å². The Morgan fingerprint density at radius 3 is 2.75 bits per heavy atom. The zero-order valence-electron chi connectivity index (χ0n) is 12.2. The highest BCUT2D eigenvalue weighted by Gasteiger charge is 2.37. The van der Waals surface area contributed by atoms with Crippen molar-refractivity contribution in [2.45, 2.75) is 70.1 Å². The van der Waals surface area contributed by atoms with E-state index in [1.165, 1.54) is 49.9 Å². The van der Waals surface area contributed by atoms with Crippen LogP contribution in [0.1, 0.15) is 51.1 Å². The van der Waals surface area contributed by atoms with Gasteiger partial charge >= 0.3 is 4.87 Å². The van der Waals surface area contributed by atoms with Gasteiger partial charge in [-0.25, -0.2) is 0 Å². The van der Waals surface area contributed by atoms with E-state index in [0.717, 1.165) is 18.8 Å². The number of aromatic nitrogens is 1. The standard InChI is InChI=1S/C15H25N3OS/c1-2-6-16-11-7-13-4-3-5-14(8-11)18(13)9-12-10-20-15(19)17-12/h10-11,13-14,16H,2-9H2,1H3,(H,17,19). The van der Waals surface area contributed by atoms with Crippen LogP contribution in [0, 0.1) is 0 Å². The third-order valence-corrected chi connectivity index (χ3v) is 5.45. The number of H-pyrrole nitrogens is 1. The molecule has 2 atom stereocenters. The Morgan fingerprint density at radius 1 is 1.40 bits per heavy atom. The Kier molecular flexibility index (Phi) is 4.58. The first-order valence-electron chi connectivity index (χ1n) is 7.92. The van der Waals surface area contributed by atoms with E-state index in [0.29, 0.717) is 18.1 Å². The summed E-state index contributed by atoms with van der Waals surface area (Å²) in [4.78, 5) is 17.0. The van der Waals surface area contributed by atoms with Crippen molar-refractivity contribution in [1.29, 1.82) is 0 Å². The van der Waals surface area contributed by atoms with Crippen LogP contribution >= 0.6 is 11.3 Å². The minimum absolute atomic E-state index is 0.0738. The Morgan fingerprint density at radius 2 is 2.15 bits per heavy atom. The Hall–Kier alpha value is -0.650. The van der Waals surface area contributed by atoms with Gasteiger partial charge in [-0.05, 0) is 38.6 Å². The van der Waals surface area contributed by atoms with Gasteiger partial charge in [0.2, 0.25) is 0 Å². The van der Waals surface area contributed by atoms with Crippen molar-refractivity contribution < 1.29 is 0 Å². The van der Waals surface area contributed by atoms with Gasteiger partial charge in [0.1, 0.15) is 0 Å². The molecule has 0 saturated carbocycles. The molecule has 4 nitrogen and oxygen atoms in total. The van der Waals surface area contributed by atoms with Crippen molar-refractivity contribution in [3.63, 3.8) is 0 Å². The van der Waals surface area contributed by atoms with Crippen LogP contribution in [0.2, 0.25) is 0 Å². The maximum absolute atomic E-state index is 11.3. The van der Waals surface area contributed by atoms with E-state index >= 15 is 0 Å². The Bertz CT molecular complexity index is 469. The van der Waals surface area contributed by atoms with Gasteiger partial charge in [0, 0.05) is 35.7 Å². The first-order valence-corrected chi connectivity index (χ1v) is 8.80. The third kappa shape index (κ3) is 3.15. The molecule has 2 fully saturated rings. The quantitative estimate of drug-likeness (QED) is 0.876. The summed E-state index contributed by atoms with van der Waals surface area (Å²) in [5.41, 5.74) is 1.09.